The summed E-state index contributed by atoms with van der Waals surface area (Å²) in [5.74, 6) is -0.175. The van der Waals surface area contributed by atoms with E-state index in [4.69, 9.17) is 5.73 Å². The zero-order valence-electron chi connectivity index (χ0n) is 10.4. The Bertz CT molecular complexity index is 257. The molecule has 1 saturated carbocycles. The summed E-state index contributed by atoms with van der Waals surface area (Å²) in [6, 6.07) is -0.0809. The molecule has 2 fully saturated rings. The van der Waals surface area contributed by atoms with E-state index in [-0.39, 0.29) is 11.9 Å². The van der Waals surface area contributed by atoms with Gasteiger partial charge in [-0.05, 0) is 38.1 Å². The molecule has 16 heavy (non-hydrogen) atoms. The highest BCUT2D eigenvalue weighted by Gasteiger charge is 2.40. The van der Waals surface area contributed by atoms with E-state index in [1.165, 1.54) is 44.9 Å². The molecule has 3 heteroatoms. The molecule has 1 aliphatic heterocycles. The Morgan fingerprint density at radius 2 is 1.81 bits per heavy atom. The van der Waals surface area contributed by atoms with Crippen LogP contribution in [0.4, 0.5) is 0 Å². The number of hydrogen-bond acceptors (Lipinski definition) is 2. The van der Waals surface area contributed by atoms with Crippen molar-refractivity contribution in [2.75, 3.05) is 13.1 Å². The van der Waals surface area contributed by atoms with Gasteiger partial charge in [0.15, 0.2) is 0 Å². The quantitative estimate of drug-likeness (QED) is 0.778. The van der Waals surface area contributed by atoms with Crippen molar-refractivity contribution in [2.24, 2.45) is 11.1 Å². The number of hydrogen-bond donors (Lipinski definition) is 1. The lowest BCUT2D eigenvalue weighted by molar-refractivity contribution is -0.122. The van der Waals surface area contributed by atoms with E-state index in [0.29, 0.717) is 5.41 Å². The molecule has 2 aliphatic rings. The van der Waals surface area contributed by atoms with Crippen LogP contribution in [0.15, 0.2) is 0 Å². The molecule has 1 heterocycles. The number of likely N-dealkylation sites (tertiary alicyclic amines) is 1. The van der Waals surface area contributed by atoms with Crippen molar-refractivity contribution in [2.45, 2.75) is 57.9 Å². The first-order valence-electron chi connectivity index (χ1n) is 6.66. The van der Waals surface area contributed by atoms with Gasteiger partial charge in [0.25, 0.3) is 0 Å². The molecule has 2 N–H and O–H groups in total. The molecule has 0 aromatic carbocycles. The summed E-state index contributed by atoms with van der Waals surface area (Å²) < 4.78 is 0. The number of amides is 1. The van der Waals surface area contributed by atoms with E-state index in [0.717, 1.165) is 13.1 Å². The molecular formula is C13H24N2O. The smallest absolute Gasteiger partial charge is 0.234 e. The van der Waals surface area contributed by atoms with Gasteiger partial charge in [-0.1, -0.05) is 25.7 Å². The van der Waals surface area contributed by atoms with Crippen LogP contribution in [-0.2, 0) is 4.79 Å². The summed E-state index contributed by atoms with van der Waals surface area (Å²) in [6.45, 7) is 4.10. The molecule has 1 atom stereocenters. The van der Waals surface area contributed by atoms with Gasteiger partial charge < -0.3 is 5.73 Å². The van der Waals surface area contributed by atoms with Crippen LogP contribution in [0, 0.1) is 5.41 Å². The first-order chi connectivity index (χ1) is 7.63. The normalized spacial score (nSPS) is 27.8. The standard InChI is InChI=1S/C13H24N2O/c1-11(12(14)16)15-9-8-13(10-15)6-4-2-3-5-7-13/h11H,2-10H2,1H3,(H2,14,16). The van der Waals surface area contributed by atoms with Crippen LogP contribution in [0.5, 0.6) is 0 Å². The van der Waals surface area contributed by atoms with Gasteiger partial charge in [0, 0.05) is 6.54 Å². The first-order valence-corrected chi connectivity index (χ1v) is 6.66. The SMILES string of the molecule is CC(C(N)=O)N1CCC2(CCCCCC2)C1. The Balaban J connectivity index is 1.97. The molecule has 0 aromatic heterocycles. The molecule has 1 unspecified atom stereocenters. The second-order valence-electron chi connectivity index (χ2n) is 5.71. The van der Waals surface area contributed by atoms with Crippen molar-refractivity contribution in [3.8, 4) is 0 Å². The lowest BCUT2D eigenvalue weighted by Gasteiger charge is -2.29. The average Bonchev–Trinajstić information content (AvgIpc) is 2.52. The minimum Gasteiger partial charge on any atom is -0.368 e. The second-order valence-corrected chi connectivity index (χ2v) is 5.71. The minimum atomic E-state index is -0.175. The number of primary amides is 1. The molecular weight excluding hydrogens is 200 g/mol. The maximum absolute atomic E-state index is 11.2. The lowest BCUT2D eigenvalue weighted by atomic mass is 9.80. The summed E-state index contributed by atoms with van der Waals surface area (Å²) in [6.07, 6.45) is 9.52. The largest absolute Gasteiger partial charge is 0.368 e. The molecule has 1 aliphatic carbocycles. The monoisotopic (exact) mass is 224 g/mol. The van der Waals surface area contributed by atoms with E-state index in [9.17, 15) is 4.79 Å². The van der Waals surface area contributed by atoms with E-state index >= 15 is 0 Å². The predicted octanol–water partition coefficient (Wildman–Crippen LogP) is 1.91. The van der Waals surface area contributed by atoms with Gasteiger partial charge in [0.1, 0.15) is 0 Å². The molecule has 1 saturated heterocycles. The van der Waals surface area contributed by atoms with E-state index in [1.807, 2.05) is 6.92 Å². The van der Waals surface area contributed by atoms with Gasteiger partial charge >= 0.3 is 0 Å². The van der Waals surface area contributed by atoms with Crippen molar-refractivity contribution < 1.29 is 4.79 Å². The second kappa shape index (κ2) is 4.74. The van der Waals surface area contributed by atoms with Crippen molar-refractivity contribution in [3.63, 3.8) is 0 Å². The van der Waals surface area contributed by atoms with Crippen molar-refractivity contribution in [3.05, 3.63) is 0 Å². The van der Waals surface area contributed by atoms with Gasteiger partial charge in [-0.3, -0.25) is 9.69 Å². The first kappa shape index (κ1) is 11.9. The Kier molecular flexibility index (Phi) is 3.53. The number of carbonyl (C=O) groups excluding carboxylic acids is 1. The Hall–Kier alpha value is -0.570. The molecule has 2 rings (SSSR count). The van der Waals surface area contributed by atoms with E-state index in [1.54, 1.807) is 0 Å². The Labute approximate surface area is 98.4 Å². The maximum atomic E-state index is 11.2. The topological polar surface area (TPSA) is 46.3 Å². The van der Waals surface area contributed by atoms with Crippen LogP contribution >= 0.6 is 0 Å². The van der Waals surface area contributed by atoms with Crippen molar-refractivity contribution in [1.82, 2.24) is 4.90 Å². The number of nitrogens with two attached hydrogens (primary N) is 1. The van der Waals surface area contributed by atoms with E-state index in [2.05, 4.69) is 4.90 Å². The summed E-state index contributed by atoms with van der Waals surface area (Å²) in [5.41, 5.74) is 5.90. The zero-order chi connectivity index (χ0) is 11.6. The molecule has 0 bridgehead atoms. The average molecular weight is 224 g/mol. The fraction of sp³-hybridized carbons (Fsp3) is 0.923. The van der Waals surface area contributed by atoms with Crippen LogP contribution in [0.25, 0.3) is 0 Å². The van der Waals surface area contributed by atoms with Crippen LogP contribution in [0.3, 0.4) is 0 Å². The van der Waals surface area contributed by atoms with Crippen molar-refractivity contribution in [1.29, 1.82) is 0 Å². The molecule has 92 valence electrons. The Morgan fingerprint density at radius 1 is 1.19 bits per heavy atom. The molecule has 0 aromatic rings. The fourth-order valence-electron chi connectivity index (χ4n) is 3.37. The summed E-state index contributed by atoms with van der Waals surface area (Å²) in [5, 5.41) is 0. The van der Waals surface area contributed by atoms with Gasteiger partial charge in [0.2, 0.25) is 5.91 Å². The van der Waals surface area contributed by atoms with Gasteiger partial charge in [-0.2, -0.15) is 0 Å². The number of rotatable bonds is 2. The summed E-state index contributed by atoms with van der Waals surface area (Å²) in [4.78, 5) is 13.5. The van der Waals surface area contributed by atoms with Crippen LogP contribution < -0.4 is 5.73 Å². The van der Waals surface area contributed by atoms with Crippen molar-refractivity contribution >= 4 is 5.91 Å². The highest BCUT2D eigenvalue weighted by Crippen LogP contribution is 2.43. The third-order valence-electron chi connectivity index (χ3n) is 4.59. The molecule has 1 spiro atoms. The number of carbonyl (C=O) groups is 1. The fourth-order valence-corrected chi connectivity index (χ4v) is 3.37. The minimum absolute atomic E-state index is 0.0809. The molecule has 1 amide bonds. The van der Waals surface area contributed by atoms with Gasteiger partial charge in [-0.25, -0.2) is 0 Å². The van der Waals surface area contributed by atoms with Gasteiger partial charge in [0.05, 0.1) is 6.04 Å². The highest BCUT2D eigenvalue weighted by atomic mass is 16.1. The van der Waals surface area contributed by atoms with E-state index < -0.39 is 0 Å². The van der Waals surface area contributed by atoms with Crippen LogP contribution in [0.1, 0.15) is 51.9 Å². The maximum Gasteiger partial charge on any atom is 0.234 e. The van der Waals surface area contributed by atoms with Crippen LogP contribution in [-0.4, -0.2) is 29.9 Å². The molecule has 3 nitrogen and oxygen atoms in total. The van der Waals surface area contributed by atoms with Gasteiger partial charge in [-0.15, -0.1) is 0 Å². The highest BCUT2D eigenvalue weighted by molar-refractivity contribution is 5.79. The Morgan fingerprint density at radius 3 is 2.38 bits per heavy atom. The number of nitrogens with zero attached hydrogens (tertiary/aromatic N) is 1. The summed E-state index contributed by atoms with van der Waals surface area (Å²) in [7, 11) is 0. The third kappa shape index (κ3) is 2.40. The predicted molar refractivity (Wildman–Crippen MR) is 65.0 cm³/mol. The molecule has 0 radical (unpaired) electrons. The van der Waals surface area contributed by atoms with Crippen LogP contribution in [0.2, 0.25) is 0 Å². The third-order valence-corrected chi connectivity index (χ3v) is 4.59. The zero-order valence-corrected chi connectivity index (χ0v) is 10.4. The summed E-state index contributed by atoms with van der Waals surface area (Å²) >= 11 is 0. The lowest BCUT2D eigenvalue weighted by Crippen LogP contribution is -2.42.